The average molecular weight is 292 g/mol. The summed E-state index contributed by atoms with van der Waals surface area (Å²) < 4.78 is 5.84. The Morgan fingerprint density at radius 2 is 1.90 bits per heavy atom. The maximum atomic E-state index is 5.84. The lowest BCUT2D eigenvalue weighted by molar-refractivity contribution is 0.176. The van der Waals surface area contributed by atoms with Gasteiger partial charge in [-0.3, -0.25) is 0 Å². The second-order valence-electron chi connectivity index (χ2n) is 6.69. The summed E-state index contributed by atoms with van der Waals surface area (Å²) in [6, 6.07) is 6.29. The Kier molecular flexibility index (Phi) is 7.20. The average Bonchev–Trinajstić information content (AvgIpc) is 2.45. The number of aryl methyl sites for hydroxylation is 2. The standard InChI is InChI=1S/C18H32N2O/c1-6-20(14-18(4,5)13-19)10-7-11-21-17-9-8-15(2)16(3)12-17/h8-9,12H,6-7,10-11,13-14,19H2,1-5H3. The summed E-state index contributed by atoms with van der Waals surface area (Å²) in [6.07, 6.45) is 1.04. The van der Waals surface area contributed by atoms with Gasteiger partial charge in [0.25, 0.3) is 0 Å². The third-order valence-electron chi connectivity index (χ3n) is 4.02. The number of rotatable bonds is 9. The molecule has 0 bridgehead atoms. The van der Waals surface area contributed by atoms with Crippen LogP contribution in [-0.4, -0.2) is 37.7 Å². The highest BCUT2D eigenvalue weighted by Crippen LogP contribution is 2.17. The van der Waals surface area contributed by atoms with E-state index in [0.29, 0.717) is 0 Å². The Labute approximate surface area is 130 Å². The summed E-state index contributed by atoms with van der Waals surface area (Å²) in [5.41, 5.74) is 8.59. The lowest BCUT2D eigenvalue weighted by atomic mass is 9.93. The number of nitrogens with two attached hydrogens (primary N) is 1. The lowest BCUT2D eigenvalue weighted by Crippen LogP contribution is -2.39. The molecule has 0 aliphatic rings. The molecule has 0 aromatic heterocycles. The van der Waals surface area contributed by atoms with Crippen molar-refractivity contribution in [2.45, 2.75) is 41.0 Å². The molecule has 0 unspecified atom stereocenters. The first-order valence-corrected chi connectivity index (χ1v) is 8.00. The minimum absolute atomic E-state index is 0.185. The number of hydrogen-bond donors (Lipinski definition) is 1. The van der Waals surface area contributed by atoms with Crippen molar-refractivity contribution in [1.82, 2.24) is 4.90 Å². The molecule has 0 aliphatic heterocycles. The summed E-state index contributed by atoms with van der Waals surface area (Å²) >= 11 is 0. The molecule has 21 heavy (non-hydrogen) atoms. The van der Waals surface area contributed by atoms with Crippen LogP contribution >= 0.6 is 0 Å². The largest absolute Gasteiger partial charge is 0.494 e. The highest BCUT2D eigenvalue weighted by molar-refractivity contribution is 5.33. The summed E-state index contributed by atoms with van der Waals surface area (Å²) in [7, 11) is 0. The minimum Gasteiger partial charge on any atom is -0.494 e. The van der Waals surface area contributed by atoms with E-state index in [1.807, 2.05) is 0 Å². The predicted octanol–water partition coefficient (Wildman–Crippen LogP) is 3.38. The van der Waals surface area contributed by atoms with Gasteiger partial charge in [-0.15, -0.1) is 0 Å². The molecule has 2 N–H and O–H groups in total. The Hall–Kier alpha value is -1.06. The molecule has 3 heteroatoms. The van der Waals surface area contributed by atoms with Crippen molar-refractivity contribution in [2.24, 2.45) is 11.1 Å². The second-order valence-corrected chi connectivity index (χ2v) is 6.69. The highest BCUT2D eigenvalue weighted by atomic mass is 16.5. The molecule has 0 radical (unpaired) electrons. The zero-order valence-electron chi connectivity index (χ0n) is 14.4. The first-order chi connectivity index (χ1) is 9.88. The van der Waals surface area contributed by atoms with Crippen LogP contribution in [0.3, 0.4) is 0 Å². The van der Waals surface area contributed by atoms with Crippen LogP contribution in [0.15, 0.2) is 18.2 Å². The van der Waals surface area contributed by atoms with Gasteiger partial charge < -0.3 is 15.4 Å². The normalized spacial score (nSPS) is 12.0. The lowest BCUT2D eigenvalue weighted by Gasteiger charge is -2.31. The fourth-order valence-electron chi connectivity index (χ4n) is 2.30. The summed E-state index contributed by atoms with van der Waals surface area (Å²) in [6.45, 7) is 15.6. The molecule has 120 valence electrons. The van der Waals surface area contributed by atoms with Crippen LogP contribution in [0, 0.1) is 19.3 Å². The van der Waals surface area contributed by atoms with Gasteiger partial charge in [-0.05, 0) is 62.0 Å². The first-order valence-electron chi connectivity index (χ1n) is 8.00. The summed E-state index contributed by atoms with van der Waals surface area (Å²) in [4.78, 5) is 2.45. The zero-order valence-corrected chi connectivity index (χ0v) is 14.4. The molecule has 0 fully saturated rings. The molecule has 0 amide bonds. The fraction of sp³-hybridized carbons (Fsp3) is 0.667. The van der Waals surface area contributed by atoms with Crippen LogP contribution in [0.5, 0.6) is 5.75 Å². The molecular weight excluding hydrogens is 260 g/mol. The van der Waals surface area contributed by atoms with Gasteiger partial charge in [-0.25, -0.2) is 0 Å². The van der Waals surface area contributed by atoms with Gasteiger partial charge in [0.15, 0.2) is 0 Å². The van der Waals surface area contributed by atoms with E-state index in [9.17, 15) is 0 Å². The van der Waals surface area contributed by atoms with Crippen molar-refractivity contribution >= 4 is 0 Å². The number of ether oxygens (including phenoxy) is 1. The summed E-state index contributed by atoms with van der Waals surface area (Å²) in [5, 5.41) is 0. The molecule has 1 aromatic rings. The van der Waals surface area contributed by atoms with Crippen LogP contribution in [-0.2, 0) is 0 Å². The topological polar surface area (TPSA) is 38.5 Å². The fourth-order valence-corrected chi connectivity index (χ4v) is 2.30. The van der Waals surface area contributed by atoms with E-state index in [0.717, 1.165) is 45.0 Å². The van der Waals surface area contributed by atoms with Crippen molar-refractivity contribution in [3.05, 3.63) is 29.3 Å². The van der Waals surface area contributed by atoms with Gasteiger partial charge in [0.1, 0.15) is 5.75 Å². The van der Waals surface area contributed by atoms with Crippen molar-refractivity contribution in [3.63, 3.8) is 0 Å². The monoisotopic (exact) mass is 292 g/mol. The zero-order chi connectivity index (χ0) is 15.9. The third kappa shape index (κ3) is 6.49. The van der Waals surface area contributed by atoms with Crippen molar-refractivity contribution in [1.29, 1.82) is 0 Å². The van der Waals surface area contributed by atoms with E-state index in [1.165, 1.54) is 11.1 Å². The van der Waals surface area contributed by atoms with Crippen molar-refractivity contribution in [2.75, 3.05) is 32.8 Å². The molecule has 0 saturated heterocycles. The van der Waals surface area contributed by atoms with E-state index in [4.69, 9.17) is 10.5 Å². The Bertz CT molecular complexity index is 429. The Morgan fingerprint density at radius 3 is 2.48 bits per heavy atom. The van der Waals surface area contributed by atoms with Crippen molar-refractivity contribution in [3.8, 4) is 5.75 Å². The van der Waals surface area contributed by atoms with Crippen molar-refractivity contribution < 1.29 is 4.74 Å². The molecule has 0 aliphatic carbocycles. The highest BCUT2D eigenvalue weighted by Gasteiger charge is 2.18. The quantitative estimate of drug-likeness (QED) is 0.709. The smallest absolute Gasteiger partial charge is 0.119 e. The van der Waals surface area contributed by atoms with E-state index >= 15 is 0 Å². The van der Waals surface area contributed by atoms with Crippen LogP contribution in [0.4, 0.5) is 0 Å². The van der Waals surface area contributed by atoms with Crippen LogP contribution in [0.2, 0.25) is 0 Å². The molecule has 1 rings (SSSR count). The maximum Gasteiger partial charge on any atom is 0.119 e. The molecule has 3 nitrogen and oxygen atoms in total. The maximum absolute atomic E-state index is 5.84. The van der Waals surface area contributed by atoms with Gasteiger partial charge >= 0.3 is 0 Å². The first kappa shape index (κ1) is 18.0. The van der Waals surface area contributed by atoms with E-state index in [2.05, 4.69) is 57.7 Å². The SMILES string of the molecule is CCN(CCCOc1ccc(C)c(C)c1)CC(C)(C)CN. The predicted molar refractivity (Wildman–Crippen MR) is 91.0 cm³/mol. The minimum atomic E-state index is 0.185. The molecular formula is C18H32N2O. The van der Waals surface area contributed by atoms with Crippen LogP contribution < -0.4 is 10.5 Å². The Balaban J connectivity index is 2.33. The van der Waals surface area contributed by atoms with E-state index in [1.54, 1.807) is 0 Å². The molecule has 0 spiro atoms. The van der Waals surface area contributed by atoms with E-state index < -0.39 is 0 Å². The number of benzene rings is 1. The molecule has 0 saturated carbocycles. The summed E-state index contributed by atoms with van der Waals surface area (Å²) in [5.74, 6) is 0.975. The second kappa shape index (κ2) is 8.40. The van der Waals surface area contributed by atoms with E-state index in [-0.39, 0.29) is 5.41 Å². The number of hydrogen-bond acceptors (Lipinski definition) is 3. The van der Waals surface area contributed by atoms with Gasteiger partial charge in [0.2, 0.25) is 0 Å². The number of nitrogens with zero attached hydrogens (tertiary/aromatic N) is 1. The Morgan fingerprint density at radius 1 is 1.19 bits per heavy atom. The third-order valence-corrected chi connectivity index (χ3v) is 4.02. The molecule has 0 atom stereocenters. The molecule has 1 aromatic carbocycles. The van der Waals surface area contributed by atoms with Crippen LogP contribution in [0.25, 0.3) is 0 Å². The van der Waals surface area contributed by atoms with Gasteiger partial charge in [0.05, 0.1) is 6.61 Å². The van der Waals surface area contributed by atoms with Gasteiger partial charge in [-0.2, -0.15) is 0 Å². The van der Waals surface area contributed by atoms with Gasteiger partial charge in [0, 0.05) is 13.1 Å². The van der Waals surface area contributed by atoms with Gasteiger partial charge in [-0.1, -0.05) is 26.8 Å². The van der Waals surface area contributed by atoms with Crippen LogP contribution in [0.1, 0.15) is 38.3 Å². The molecule has 0 heterocycles.